The molecular formula is C16H27N3. The normalized spacial score (nSPS) is 20.6. The van der Waals surface area contributed by atoms with Crippen molar-refractivity contribution in [1.29, 1.82) is 0 Å². The van der Waals surface area contributed by atoms with Crippen molar-refractivity contribution >= 4 is 0 Å². The Balaban J connectivity index is 1.94. The molecule has 1 aliphatic rings. The highest BCUT2D eigenvalue weighted by molar-refractivity contribution is 5.22. The third-order valence-corrected chi connectivity index (χ3v) is 4.21. The molecule has 1 fully saturated rings. The van der Waals surface area contributed by atoms with Gasteiger partial charge in [-0.15, -0.1) is 0 Å². The Hall–Kier alpha value is -0.900. The molecule has 1 aromatic carbocycles. The minimum Gasteiger partial charge on any atom is -0.316 e. The number of benzene rings is 1. The lowest BCUT2D eigenvalue weighted by Gasteiger charge is -2.45. The molecule has 19 heavy (non-hydrogen) atoms. The van der Waals surface area contributed by atoms with E-state index in [1.54, 1.807) is 0 Å². The van der Waals surface area contributed by atoms with Gasteiger partial charge in [0.15, 0.2) is 0 Å². The number of hydrogen-bond donors (Lipinski definition) is 1. The summed E-state index contributed by atoms with van der Waals surface area (Å²) in [6, 6.07) is 8.98. The van der Waals surface area contributed by atoms with Gasteiger partial charge in [0.25, 0.3) is 0 Å². The molecule has 0 radical (unpaired) electrons. The summed E-state index contributed by atoms with van der Waals surface area (Å²) in [5.41, 5.74) is 3.05. The van der Waals surface area contributed by atoms with Gasteiger partial charge in [-0.25, -0.2) is 0 Å². The fourth-order valence-corrected chi connectivity index (χ4v) is 2.70. The summed E-state index contributed by atoms with van der Waals surface area (Å²) in [5.74, 6) is 0. The predicted octanol–water partition coefficient (Wildman–Crippen LogP) is 1.93. The van der Waals surface area contributed by atoms with Crippen LogP contribution in [0.3, 0.4) is 0 Å². The number of nitrogens with one attached hydrogen (secondary N) is 1. The van der Waals surface area contributed by atoms with Crippen LogP contribution < -0.4 is 5.32 Å². The maximum Gasteiger partial charge on any atom is 0.0277 e. The lowest BCUT2D eigenvalue weighted by atomic mass is 9.99. The van der Waals surface area contributed by atoms with E-state index in [1.165, 1.54) is 11.1 Å². The highest BCUT2D eigenvalue weighted by Gasteiger charge is 2.30. The van der Waals surface area contributed by atoms with Crippen molar-refractivity contribution in [3.8, 4) is 0 Å². The lowest BCUT2D eigenvalue weighted by Crippen LogP contribution is -2.57. The highest BCUT2D eigenvalue weighted by Crippen LogP contribution is 2.20. The van der Waals surface area contributed by atoms with Crippen LogP contribution in [0.4, 0.5) is 0 Å². The monoisotopic (exact) mass is 261 g/mol. The molecule has 1 aliphatic heterocycles. The summed E-state index contributed by atoms with van der Waals surface area (Å²) in [4.78, 5) is 5.02. The second-order valence-corrected chi connectivity index (χ2v) is 6.29. The largest absolute Gasteiger partial charge is 0.316 e. The number of likely N-dealkylation sites (N-methyl/N-ethyl adjacent to an activating group) is 1. The lowest BCUT2D eigenvalue weighted by molar-refractivity contribution is 0.0360. The number of rotatable bonds is 4. The van der Waals surface area contributed by atoms with Crippen molar-refractivity contribution in [3.05, 3.63) is 35.4 Å². The molecule has 0 amide bonds. The molecule has 3 nitrogen and oxygen atoms in total. The Morgan fingerprint density at radius 1 is 1.11 bits per heavy atom. The van der Waals surface area contributed by atoms with Gasteiger partial charge in [0, 0.05) is 38.3 Å². The first kappa shape index (κ1) is 14.5. The summed E-state index contributed by atoms with van der Waals surface area (Å²) in [7, 11) is 4.21. The van der Waals surface area contributed by atoms with Crippen LogP contribution in [0, 0.1) is 0 Å². The fraction of sp³-hybridized carbons (Fsp3) is 0.625. The minimum atomic E-state index is 0.282. The minimum absolute atomic E-state index is 0.282. The molecular weight excluding hydrogens is 234 g/mol. The van der Waals surface area contributed by atoms with Crippen molar-refractivity contribution in [2.75, 3.05) is 33.7 Å². The highest BCUT2D eigenvalue weighted by atomic mass is 15.3. The average Bonchev–Trinajstić information content (AvgIpc) is 2.36. The van der Waals surface area contributed by atoms with Crippen LogP contribution >= 0.6 is 0 Å². The van der Waals surface area contributed by atoms with E-state index >= 15 is 0 Å². The molecule has 1 aromatic rings. The van der Waals surface area contributed by atoms with Gasteiger partial charge in [0.05, 0.1) is 0 Å². The Morgan fingerprint density at radius 3 is 2.32 bits per heavy atom. The first-order chi connectivity index (χ1) is 9.01. The van der Waals surface area contributed by atoms with Crippen molar-refractivity contribution in [2.24, 2.45) is 0 Å². The van der Waals surface area contributed by atoms with E-state index in [2.05, 4.69) is 60.3 Å². The second kappa shape index (κ2) is 6.04. The van der Waals surface area contributed by atoms with Crippen molar-refractivity contribution < 1.29 is 0 Å². The van der Waals surface area contributed by atoms with Crippen LogP contribution in [0.15, 0.2) is 24.3 Å². The topological polar surface area (TPSA) is 18.5 Å². The van der Waals surface area contributed by atoms with Gasteiger partial charge in [-0.3, -0.25) is 9.80 Å². The van der Waals surface area contributed by atoms with Gasteiger partial charge in [-0.1, -0.05) is 24.3 Å². The molecule has 1 saturated heterocycles. The van der Waals surface area contributed by atoms with E-state index in [9.17, 15) is 0 Å². The van der Waals surface area contributed by atoms with Gasteiger partial charge in [-0.2, -0.15) is 0 Å². The van der Waals surface area contributed by atoms with E-state index in [0.29, 0.717) is 0 Å². The van der Waals surface area contributed by atoms with Crippen LogP contribution in [0.2, 0.25) is 0 Å². The van der Waals surface area contributed by atoms with Crippen LogP contribution in [0.5, 0.6) is 0 Å². The smallest absolute Gasteiger partial charge is 0.0277 e. The van der Waals surface area contributed by atoms with E-state index in [4.69, 9.17) is 0 Å². The summed E-state index contributed by atoms with van der Waals surface area (Å²) < 4.78 is 0. The molecule has 0 bridgehead atoms. The first-order valence-electron chi connectivity index (χ1n) is 7.17. The Labute approximate surface area is 117 Å². The van der Waals surface area contributed by atoms with E-state index in [-0.39, 0.29) is 5.54 Å². The fourth-order valence-electron chi connectivity index (χ4n) is 2.70. The van der Waals surface area contributed by atoms with Gasteiger partial charge < -0.3 is 5.32 Å². The van der Waals surface area contributed by atoms with Crippen LogP contribution in [0.25, 0.3) is 0 Å². The van der Waals surface area contributed by atoms with E-state index < -0.39 is 0 Å². The van der Waals surface area contributed by atoms with Crippen LogP contribution in [-0.2, 0) is 13.1 Å². The molecule has 0 spiro atoms. The standard InChI is InChI=1S/C16H27N3/c1-16(2)13-19(10-9-18(16)4)12-15-7-5-14(6-8-15)11-17-3/h5-8,17H,9-13H2,1-4H3. The zero-order valence-corrected chi connectivity index (χ0v) is 12.7. The SMILES string of the molecule is CNCc1ccc(CN2CCN(C)C(C)(C)C2)cc1. The molecule has 0 aromatic heterocycles. The summed E-state index contributed by atoms with van der Waals surface area (Å²) in [6.07, 6.45) is 0. The molecule has 0 unspecified atom stereocenters. The number of piperazine rings is 1. The second-order valence-electron chi connectivity index (χ2n) is 6.29. The van der Waals surface area contributed by atoms with Crippen LogP contribution in [0.1, 0.15) is 25.0 Å². The average molecular weight is 261 g/mol. The molecule has 1 heterocycles. The molecule has 1 N–H and O–H groups in total. The Morgan fingerprint density at radius 2 is 1.74 bits per heavy atom. The van der Waals surface area contributed by atoms with Crippen molar-refractivity contribution in [1.82, 2.24) is 15.1 Å². The molecule has 0 atom stereocenters. The summed E-state index contributed by atoms with van der Waals surface area (Å²) in [5, 5.41) is 3.18. The maximum absolute atomic E-state index is 3.18. The predicted molar refractivity (Wildman–Crippen MR) is 81.2 cm³/mol. The first-order valence-corrected chi connectivity index (χ1v) is 7.17. The third-order valence-electron chi connectivity index (χ3n) is 4.21. The van der Waals surface area contributed by atoms with Gasteiger partial charge in [0.2, 0.25) is 0 Å². The van der Waals surface area contributed by atoms with E-state index in [1.807, 2.05) is 7.05 Å². The van der Waals surface area contributed by atoms with Gasteiger partial charge in [0.1, 0.15) is 0 Å². The number of hydrogen-bond acceptors (Lipinski definition) is 3. The molecule has 0 saturated carbocycles. The van der Waals surface area contributed by atoms with Crippen molar-refractivity contribution in [3.63, 3.8) is 0 Å². The molecule has 3 heteroatoms. The third kappa shape index (κ3) is 3.78. The van der Waals surface area contributed by atoms with Gasteiger partial charge in [-0.05, 0) is 39.1 Å². The zero-order valence-electron chi connectivity index (χ0n) is 12.7. The van der Waals surface area contributed by atoms with Gasteiger partial charge >= 0.3 is 0 Å². The Bertz CT molecular complexity index is 397. The molecule has 2 rings (SSSR count). The maximum atomic E-state index is 3.18. The van der Waals surface area contributed by atoms with E-state index in [0.717, 1.165) is 32.7 Å². The zero-order chi connectivity index (χ0) is 13.9. The molecule has 106 valence electrons. The summed E-state index contributed by atoms with van der Waals surface area (Å²) in [6.45, 7) is 10.1. The van der Waals surface area contributed by atoms with Crippen molar-refractivity contribution in [2.45, 2.75) is 32.5 Å². The summed E-state index contributed by atoms with van der Waals surface area (Å²) >= 11 is 0. The molecule has 0 aliphatic carbocycles. The quantitative estimate of drug-likeness (QED) is 0.893. The number of nitrogens with zero attached hydrogens (tertiary/aromatic N) is 2. The Kier molecular flexibility index (Phi) is 4.61. The van der Waals surface area contributed by atoms with Crippen LogP contribution in [-0.4, -0.2) is 49.1 Å².